The number of aliphatic hydroxyl groups excluding tert-OH is 1. The van der Waals surface area contributed by atoms with Gasteiger partial charge >= 0.3 is 0 Å². The molecule has 2 aromatic heterocycles. The van der Waals surface area contributed by atoms with Crippen LogP contribution in [0.2, 0.25) is 0 Å². The monoisotopic (exact) mass is 363 g/mol. The molecule has 0 radical (unpaired) electrons. The Morgan fingerprint density at radius 3 is 2.80 bits per heavy atom. The Kier molecular flexibility index (Phi) is 6.90. The third kappa shape index (κ3) is 4.99. The van der Waals surface area contributed by atoms with Crippen LogP contribution in [-0.4, -0.2) is 38.6 Å². The van der Waals surface area contributed by atoms with E-state index < -0.39 is 0 Å². The Morgan fingerprint density at radius 1 is 1.44 bits per heavy atom. The van der Waals surface area contributed by atoms with E-state index in [2.05, 4.69) is 18.8 Å². The van der Waals surface area contributed by atoms with Crippen LogP contribution < -0.4 is 5.56 Å². The summed E-state index contributed by atoms with van der Waals surface area (Å²) in [5.41, 5.74) is 0.557. The molecule has 0 unspecified atom stereocenters. The van der Waals surface area contributed by atoms with E-state index in [-0.39, 0.29) is 36.7 Å². The average molecular weight is 363 g/mol. The zero-order chi connectivity index (χ0) is 18.4. The van der Waals surface area contributed by atoms with Gasteiger partial charge in [-0.15, -0.1) is 11.3 Å². The molecule has 0 atom stereocenters. The minimum Gasteiger partial charge on any atom is -0.395 e. The third-order valence-corrected chi connectivity index (χ3v) is 4.77. The Labute approximate surface area is 151 Å². The first kappa shape index (κ1) is 19.3. The predicted octanol–water partition coefficient (Wildman–Crippen LogP) is 2.29. The summed E-state index contributed by atoms with van der Waals surface area (Å²) >= 11 is 1.44. The minimum atomic E-state index is -0.356. The molecule has 0 aliphatic carbocycles. The molecule has 0 aromatic carbocycles. The molecule has 0 spiro atoms. The SMILES string of the molecule is Cc1ccn(CCC(C)C)c(=O)c1C(=O)N(CCO)Cc1nccs1. The molecule has 7 heteroatoms. The molecular formula is C18H25N3O3S. The fourth-order valence-corrected chi connectivity index (χ4v) is 3.16. The van der Waals surface area contributed by atoms with Gasteiger partial charge in [0, 0.05) is 30.9 Å². The number of carbonyl (C=O) groups is 1. The highest BCUT2D eigenvalue weighted by Gasteiger charge is 2.22. The molecule has 25 heavy (non-hydrogen) atoms. The first-order valence-electron chi connectivity index (χ1n) is 8.42. The summed E-state index contributed by atoms with van der Waals surface area (Å²) in [7, 11) is 0. The van der Waals surface area contributed by atoms with E-state index in [0.717, 1.165) is 11.4 Å². The maximum atomic E-state index is 13.0. The third-order valence-electron chi connectivity index (χ3n) is 4.00. The van der Waals surface area contributed by atoms with Crippen molar-refractivity contribution >= 4 is 17.2 Å². The lowest BCUT2D eigenvalue weighted by Crippen LogP contribution is -2.38. The normalized spacial score (nSPS) is 11.1. The van der Waals surface area contributed by atoms with Gasteiger partial charge in [-0.05, 0) is 30.9 Å². The second-order valence-corrected chi connectivity index (χ2v) is 7.41. The Bertz CT molecular complexity index is 753. The molecule has 0 saturated heterocycles. The second-order valence-electron chi connectivity index (χ2n) is 6.43. The van der Waals surface area contributed by atoms with Crippen LogP contribution in [-0.2, 0) is 13.1 Å². The summed E-state index contributed by atoms with van der Waals surface area (Å²) in [5.74, 6) is 0.119. The van der Waals surface area contributed by atoms with Gasteiger partial charge in [0.05, 0.1) is 13.2 Å². The van der Waals surface area contributed by atoms with Crippen molar-refractivity contribution in [3.63, 3.8) is 0 Å². The summed E-state index contributed by atoms with van der Waals surface area (Å²) in [6, 6.07) is 1.80. The number of aliphatic hydroxyl groups is 1. The molecule has 0 fully saturated rings. The van der Waals surface area contributed by atoms with E-state index in [0.29, 0.717) is 18.0 Å². The highest BCUT2D eigenvalue weighted by molar-refractivity contribution is 7.09. The van der Waals surface area contributed by atoms with E-state index in [4.69, 9.17) is 0 Å². The number of thiazole rings is 1. The number of aryl methyl sites for hydroxylation is 2. The largest absolute Gasteiger partial charge is 0.395 e. The lowest BCUT2D eigenvalue weighted by Gasteiger charge is -2.22. The van der Waals surface area contributed by atoms with Crippen molar-refractivity contribution in [1.29, 1.82) is 0 Å². The standard InChI is InChI=1S/C18H25N3O3S/c1-13(2)4-7-20-8-5-14(3)16(17(20)23)18(24)21(9-10-22)12-15-19-6-11-25-15/h5-6,8,11,13,22H,4,7,9-10,12H2,1-3H3. The average Bonchev–Trinajstić information content (AvgIpc) is 3.06. The first-order chi connectivity index (χ1) is 11.9. The van der Waals surface area contributed by atoms with E-state index in [9.17, 15) is 14.7 Å². The molecule has 6 nitrogen and oxygen atoms in total. The lowest BCUT2D eigenvalue weighted by atomic mass is 10.1. The van der Waals surface area contributed by atoms with Crippen molar-refractivity contribution in [3.8, 4) is 0 Å². The number of carbonyl (C=O) groups excluding carboxylic acids is 1. The number of amides is 1. The summed E-state index contributed by atoms with van der Waals surface area (Å²) in [6.45, 7) is 6.84. The van der Waals surface area contributed by atoms with Gasteiger partial charge in [0.2, 0.25) is 0 Å². The number of aromatic nitrogens is 2. The highest BCUT2D eigenvalue weighted by atomic mass is 32.1. The zero-order valence-corrected chi connectivity index (χ0v) is 15.8. The van der Waals surface area contributed by atoms with Crippen LogP contribution in [0.5, 0.6) is 0 Å². The molecule has 2 rings (SSSR count). The number of nitrogens with zero attached hydrogens (tertiary/aromatic N) is 3. The van der Waals surface area contributed by atoms with E-state index in [1.54, 1.807) is 30.0 Å². The Balaban J connectivity index is 2.31. The van der Waals surface area contributed by atoms with Crippen LogP contribution in [0.1, 0.15) is 41.2 Å². The summed E-state index contributed by atoms with van der Waals surface area (Å²) < 4.78 is 1.60. The fourth-order valence-electron chi connectivity index (χ4n) is 2.52. The van der Waals surface area contributed by atoms with Gasteiger partial charge in [0.25, 0.3) is 11.5 Å². The Hall–Kier alpha value is -1.99. The molecule has 0 saturated carbocycles. The van der Waals surface area contributed by atoms with E-state index >= 15 is 0 Å². The van der Waals surface area contributed by atoms with Crippen molar-refractivity contribution in [3.05, 3.63) is 50.3 Å². The maximum absolute atomic E-state index is 13.0. The van der Waals surface area contributed by atoms with Gasteiger partial charge in [0.1, 0.15) is 10.6 Å². The number of pyridine rings is 1. The first-order valence-corrected chi connectivity index (χ1v) is 9.30. The number of rotatable bonds is 8. The molecule has 0 bridgehead atoms. The fraction of sp³-hybridized carbons (Fsp3) is 0.500. The minimum absolute atomic E-state index is 0.162. The van der Waals surface area contributed by atoms with Gasteiger partial charge in [-0.3, -0.25) is 9.59 Å². The van der Waals surface area contributed by atoms with E-state index in [1.807, 2.05) is 5.38 Å². The van der Waals surface area contributed by atoms with Gasteiger partial charge in [0.15, 0.2) is 0 Å². The molecule has 0 aliphatic heterocycles. The van der Waals surface area contributed by atoms with Crippen LogP contribution in [0.25, 0.3) is 0 Å². The van der Waals surface area contributed by atoms with Crippen LogP contribution in [0, 0.1) is 12.8 Å². The molecular weight excluding hydrogens is 338 g/mol. The van der Waals surface area contributed by atoms with Crippen molar-refractivity contribution < 1.29 is 9.90 Å². The quantitative estimate of drug-likeness (QED) is 0.781. The van der Waals surface area contributed by atoms with Crippen LogP contribution in [0.15, 0.2) is 28.6 Å². The molecule has 0 aliphatic rings. The van der Waals surface area contributed by atoms with Crippen molar-refractivity contribution in [2.24, 2.45) is 5.92 Å². The smallest absolute Gasteiger partial charge is 0.263 e. The van der Waals surface area contributed by atoms with Crippen LogP contribution >= 0.6 is 11.3 Å². The zero-order valence-electron chi connectivity index (χ0n) is 14.9. The van der Waals surface area contributed by atoms with E-state index in [1.165, 1.54) is 16.2 Å². The van der Waals surface area contributed by atoms with Crippen molar-refractivity contribution in [1.82, 2.24) is 14.5 Å². The lowest BCUT2D eigenvalue weighted by molar-refractivity contribution is 0.0704. The van der Waals surface area contributed by atoms with Gasteiger partial charge in [-0.25, -0.2) is 4.98 Å². The van der Waals surface area contributed by atoms with Crippen molar-refractivity contribution in [2.45, 2.75) is 40.3 Å². The van der Waals surface area contributed by atoms with Gasteiger partial charge in [-0.2, -0.15) is 0 Å². The number of hydrogen-bond donors (Lipinski definition) is 1. The van der Waals surface area contributed by atoms with Crippen molar-refractivity contribution in [2.75, 3.05) is 13.2 Å². The number of hydrogen-bond acceptors (Lipinski definition) is 5. The maximum Gasteiger partial charge on any atom is 0.263 e. The summed E-state index contributed by atoms with van der Waals surface area (Å²) in [5, 5.41) is 11.9. The van der Waals surface area contributed by atoms with Crippen LogP contribution in [0.3, 0.4) is 0 Å². The topological polar surface area (TPSA) is 75.4 Å². The van der Waals surface area contributed by atoms with Gasteiger partial charge in [-0.1, -0.05) is 13.8 Å². The molecule has 136 valence electrons. The predicted molar refractivity (Wildman–Crippen MR) is 98.8 cm³/mol. The van der Waals surface area contributed by atoms with Gasteiger partial charge < -0.3 is 14.6 Å². The molecule has 2 aromatic rings. The highest BCUT2D eigenvalue weighted by Crippen LogP contribution is 2.13. The molecule has 1 amide bonds. The molecule has 2 heterocycles. The summed E-state index contributed by atoms with van der Waals surface area (Å²) in [4.78, 5) is 31.4. The second kappa shape index (κ2) is 8.92. The van der Waals surface area contributed by atoms with Crippen LogP contribution in [0.4, 0.5) is 0 Å². The summed E-state index contributed by atoms with van der Waals surface area (Å²) in [6.07, 6.45) is 4.29. The molecule has 1 N–H and O–H groups in total. The Morgan fingerprint density at radius 2 is 2.20 bits per heavy atom.